The third-order valence-corrected chi connectivity index (χ3v) is 4.96. The Balaban J connectivity index is 1.62. The number of nitrogens with one attached hydrogen (secondary N) is 1. The molecule has 1 fully saturated rings. The highest BCUT2D eigenvalue weighted by Crippen LogP contribution is 2.37. The van der Waals surface area contributed by atoms with E-state index in [1.807, 2.05) is 24.3 Å². The van der Waals surface area contributed by atoms with E-state index in [4.69, 9.17) is 0 Å². The molecule has 2 aliphatic rings. The first-order chi connectivity index (χ1) is 11.2. The van der Waals surface area contributed by atoms with Crippen molar-refractivity contribution < 1.29 is 9.18 Å². The average Bonchev–Trinajstić information content (AvgIpc) is 2.90. The molecule has 23 heavy (non-hydrogen) atoms. The van der Waals surface area contributed by atoms with Gasteiger partial charge in [0, 0.05) is 32.1 Å². The quantitative estimate of drug-likeness (QED) is 0.925. The van der Waals surface area contributed by atoms with Crippen LogP contribution in [0.4, 0.5) is 4.39 Å². The van der Waals surface area contributed by atoms with E-state index in [9.17, 15) is 9.18 Å². The molecule has 2 aromatic rings. The van der Waals surface area contributed by atoms with Crippen LogP contribution in [0.1, 0.15) is 27.4 Å². The number of benzene rings is 2. The fourth-order valence-corrected chi connectivity index (χ4v) is 3.89. The van der Waals surface area contributed by atoms with Crippen LogP contribution >= 0.6 is 0 Å². The van der Waals surface area contributed by atoms with Crippen molar-refractivity contribution in [3.63, 3.8) is 0 Å². The van der Waals surface area contributed by atoms with E-state index in [1.165, 1.54) is 11.6 Å². The number of fused-ring (bicyclic) bond motifs is 3. The second-order valence-corrected chi connectivity index (χ2v) is 6.46. The van der Waals surface area contributed by atoms with E-state index < -0.39 is 5.82 Å². The molecule has 4 heteroatoms. The monoisotopic (exact) mass is 310 g/mol. The van der Waals surface area contributed by atoms with E-state index in [1.54, 1.807) is 6.07 Å². The van der Waals surface area contributed by atoms with E-state index in [0.29, 0.717) is 12.5 Å². The Labute approximate surface area is 135 Å². The highest BCUT2D eigenvalue weighted by Gasteiger charge is 2.38. The smallest absolute Gasteiger partial charge is 0.254 e. The van der Waals surface area contributed by atoms with Crippen molar-refractivity contribution in [2.75, 3.05) is 19.6 Å². The Kier molecular flexibility index (Phi) is 3.62. The van der Waals surface area contributed by atoms with Crippen LogP contribution < -0.4 is 5.32 Å². The zero-order chi connectivity index (χ0) is 15.8. The Morgan fingerprint density at radius 3 is 2.74 bits per heavy atom. The van der Waals surface area contributed by atoms with Gasteiger partial charge in [-0.05, 0) is 23.1 Å². The number of hydrogen-bond acceptors (Lipinski definition) is 2. The average molecular weight is 310 g/mol. The third-order valence-electron chi connectivity index (χ3n) is 4.96. The summed E-state index contributed by atoms with van der Waals surface area (Å²) in [4.78, 5) is 14.6. The van der Waals surface area contributed by atoms with Gasteiger partial charge in [0.05, 0.1) is 5.56 Å². The van der Waals surface area contributed by atoms with E-state index in [2.05, 4.69) is 22.3 Å². The molecule has 0 spiro atoms. The number of carbonyl (C=O) groups is 1. The summed E-state index contributed by atoms with van der Waals surface area (Å²) in [6.45, 7) is 3.30. The molecule has 1 saturated heterocycles. The molecule has 2 heterocycles. The Hall–Kier alpha value is -2.20. The zero-order valence-electron chi connectivity index (χ0n) is 12.8. The number of amides is 1. The van der Waals surface area contributed by atoms with Crippen LogP contribution in [0.3, 0.4) is 0 Å². The molecule has 3 nitrogen and oxygen atoms in total. The lowest BCUT2D eigenvalue weighted by Gasteiger charge is -2.17. The highest BCUT2D eigenvalue weighted by molar-refractivity contribution is 5.96. The second kappa shape index (κ2) is 5.78. The van der Waals surface area contributed by atoms with E-state index in [0.717, 1.165) is 25.2 Å². The van der Waals surface area contributed by atoms with Gasteiger partial charge < -0.3 is 5.32 Å². The highest BCUT2D eigenvalue weighted by atomic mass is 19.1. The largest absolute Gasteiger partial charge is 0.352 e. The number of hydrogen-bond donors (Lipinski definition) is 1. The van der Waals surface area contributed by atoms with E-state index >= 15 is 0 Å². The summed E-state index contributed by atoms with van der Waals surface area (Å²) in [5, 5.41) is 2.89. The molecule has 4 rings (SSSR count). The van der Waals surface area contributed by atoms with Crippen molar-refractivity contribution in [2.45, 2.75) is 12.5 Å². The zero-order valence-corrected chi connectivity index (χ0v) is 12.8. The predicted octanol–water partition coefficient (Wildman–Crippen LogP) is 2.78. The number of halogens is 1. The van der Waals surface area contributed by atoms with Crippen LogP contribution in [0.5, 0.6) is 0 Å². The van der Waals surface area contributed by atoms with Crippen molar-refractivity contribution >= 4 is 5.91 Å². The predicted molar refractivity (Wildman–Crippen MR) is 86.7 cm³/mol. The summed E-state index contributed by atoms with van der Waals surface area (Å²) in [5.41, 5.74) is 2.38. The molecule has 0 aromatic heterocycles. The van der Waals surface area contributed by atoms with Crippen molar-refractivity contribution in [3.05, 3.63) is 71.0 Å². The normalized spacial score (nSPS) is 23.8. The van der Waals surface area contributed by atoms with Crippen LogP contribution in [0, 0.1) is 11.7 Å². The molecule has 1 amide bonds. The maximum atomic E-state index is 14.1. The lowest BCUT2D eigenvalue weighted by Crippen LogP contribution is -2.30. The SMILES string of the molecule is O=C1NC[C@H]2CN(Cc3ccccc3)C[C@@H]2c2cccc(F)c21. The number of nitrogens with zero attached hydrogens (tertiary/aromatic N) is 1. The molecule has 0 saturated carbocycles. The Morgan fingerprint density at radius 2 is 1.91 bits per heavy atom. The van der Waals surface area contributed by atoms with Gasteiger partial charge in [0.15, 0.2) is 0 Å². The number of likely N-dealkylation sites (tertiary alicyclic amines) is 1. The Morgan fingerprint density at radius 1 is 1.09 bits per heavy atom. The number of rotatable bonds is 2. The summed E-state index contributed by atoms with van der Waals surface area (Å²) < 4.78 is 14.1. The third kappa shape index (κ3) is 2.63. The van der Waals surface area contributed by atoms with Crippen molar-refractivity contribution in [2.24, 2.45) is 5.92 Å². The lowest BCUT2D eigenvalue weighted by molar-refractivity contribution is 0.0947. The maximum absolute atomic E-state index is 14.1. The fraction of sp³-hybridized carbons (Fsp3) is 0.316. The summed E-state index contributed by atoms with van der Waals surface area (Å²) in [7, 11) is 0. The minimum Gasteiger partial charge on any atom is -0.352 e. The molecule has 0 unspecified atom stereocenters. The van der Waals surface area contributed by atoms with E-state index in [-0.39, 0.29) is 17.4 Å². The molecule has 118 valence electrons. The minimum atomic E-state index is -0.415. The molecule has 2 aromatic carbocycles. The molecule has 0 aliphatic carbocycles. The van der Waals surface area contributed by atoms with Gasteiger partial charge in [0.1, 0.15) is 5.82 Å². The van der Waals surface area contributed by atoms with Crippen molar-refractivity contribution in [1.29, 1.82) is 0 Å². The first kappa shape index (κ1) is 14.4. The van der Waals surface area contributed by atoms with Crippen LogP contribution in [-0.2, 0) is 6.54 Å². The van der Waals surface area contributed by atoms with Gasteiger partial charge in [0.2, 0.25) is 0 Å². The lowest BCUT2D eigenvalue weighted by atomic mass is 9.87. The van der Waals surface area contributed by atoms with Gasteiger partial charge in [0.25, 0.3) is 5.91 Å². The first-order valence-electron chi connectivity index (χ1n) is 8.05. The van der Waals surface area contributed by atoms with Gasteiger partial charge in [-0.25, -0.2) is 4.39 Å². The minimum absolute atomic E-state index is 0.211. The maximum Gasteiger partial charge on any atom is 0.254 e. The van der Waals surface area contributed by atoms with Gasteiger partial charge in [-0.3, -0.25) is 9.69 Å². The molecule has 0 bridgehead atoms. The molecular formula is C19H19FN2O. The molecule has 1 N–H and O–H groups in total. The summed E-state index contributed by atoms with van der Waals surface area (Å²) >= 11 is 0. The molecule has 0 radical (unpaired) electrons. The Bertz CT molecular complexity index is 731. The van der Waals surface area contributed by atoms with Crippen LogP contribution in [-0.4, -0.2) is 30.4 Å². The van der Waals surface area contributed by atoms with Gasteiger partial charge in [-0.2, -0.15) is 0 Å². The van der Waals surface area contributed by atoms with Crippen LogP contribution in [0.25, 0.3) is 0 Å². The van der Waals surface area contributed by atoms with Gasteiger partial charge >= 0.3 is 0 Å². The standard InChI is InChI=1S/C19H19FN2O/c20-17-8-4-7-15-16-12-22(10-13-5-2-1-3-6-13)11-14(16)9-21-19(23)18(15)17/h1-8,14,16H,9-12H2,(H,21,23)/t14-,16-/m0/s1. The molecule has 2 aliphatic heterocycles. The van der Waals surface area contributed by atoms with Gasteiger partial charge in [-0.15, -0.1) is 0 Å². The fourth-order valence-electron chi connectivity index (χ4n) is 3.89. The van der Waals surface area contributed by atoms with Crippen LogP contribution in [0.2, 0.25) is 0 Å². The summed E-state index contributed by atoms with van der Waals surface area (Å²) in [6, 6.07) is 15.4. The second-order valence-electron chi connectivity index (χ2n) is 6.46. The topological polar surface area (TPSA) is 32.3 Å². The van der Waals surface area contributed by atoms with Crippen LogP contribution in [0.15, 0.2) is 48.5 Å². The van der Waals surface area contributed by atoms with Crippen molar-refractivity contribution in [3.8, 4) is 0 Å². The molecule has 2 atom stereocenters. The summed E-state index contributed by atoms with van der Waals surface area (Å²) in [6.07, 6.45) is 0. The van der Waals surface area contributed by atoms with Crippen molar-refractivity contribution in [1.82, 2.24) is 10.2 Å². The molecular weight excluding hydrogens is 291 g/mol. The number of carbonyl (C=O) groups excluding carboxylic acids is 1. The first-order valence-corrected chi connectivity index (χ1v) is 8.05. The summed E-state index contributed by atoms with van der Waals surface area (Å²) in [5.74, 6) is -0.140. The van der Waals surface area contributed by atoms with Gasteiger partial charge in [-0.1, -0.05) is 42.5 Å².